The maximum Gasteiger partial charge on any atom is 0.242 e. The van der Waals surface area contributed by atoms with Gasteiger partial charge >= 0.3 is 0 Å². The molecule has 96 valence electrons. The number of sulfonamides is 1. The van der Waals surface area contributed by atoms with E-state index in [9.17, 15) is 13.5 Å². The third kappa shape index (κ3) is 3.42. The van der Waals surface area contributed by atoms with Gasteiger partial charge in [-0.2, -0.15) is 0 Å². The number of nitrogen functional groups attached to an aromatic ring is 1. The highest BCUT2D eigenvalue weighted by Gasteiger charge is 2.20. The normalized spacial score (nSPS) is 13.6. The molecule has 1 unspecified atom stereocenters. The fourth-order valence-corrected chi connectivity index (χ4v) is 2.89. The summed E-state index contributed by atoms with van der Waals surface area (Å²) in [6.07, 6.45) is -0.193. The summed E-state index contributed by atoms with van der Waals surface area (Å²) >= 11 is 0. The van der Waals surface area contributed by atoms with E-state index in [-0.39, 0.29) is 17.1 Å². The minimum atomic E-state index is -3.66. The number of nitrogens with two attached hydrogens (primary N) is 1. The second-order valence-electron chi connectivity index (χ2n) is 3.91. The smallest absolute Gasteiger partial charge is 0.242 e. The molecule has 0 aromatic heterocycles. The second kappa shape index (κ2) is 5.48. The van der Waals surface area contributed by atoms with Crippen LogP contribution >= 0.6 is 0 Å². The van der Waals surface area contributed by atoms with Gasteiger partial charge < -0.3 is 10.8 Å². The fraction of sp³-hybridized carbons (Fsp3) is 0.455. The third-order valence-corrected chi connectivity index (χ3v) is 4.13. The van der Waals surface area contributed by atoms with Crippen LogP contribution in [-0.4, -0.2) is 26.2 Å². The van der Waals surface area contributed by atoms with Gasteiger partial charge in [-0.25, -0.2) is 13.1 Å². The Hall–Kier alpha value is -1.11. The molecular formula is C11H18N2O3S. The van der Waals surface area contributed by atoms with Crippen LogP contribution in [0.15, 0.2) is 23.1 Å². The summed E-state index contributed by atoms with van der Waals surface area (Å²) in [5.41, 5.74) is 6.46. The molecule has 0 saturated heterocycles. The maximum absolute atomic E-state index is 12.0. The lowest BCUT2D eigenvalue weighted by atomic mass is 10.2. The second-order valence-corrected chi connectivity index (χ2v) is 5.61. The monoisotopic (exact) mass is 258 g/mol. The Morgan fingerprint density at radius 1 is 1.47 bits per heavy atom. The van der Waals surface area contributed by atoms with E-state index in [0.29, 0.717) is 12.0 Å². The van der Waals surface area contributed by atoms with Gasteiger partial charge in [-0.15, -0.1) is 0 Å². The van der Waals surface area contributed by atoms with Gasteiger partial charge in [0.25, 0.3) is 0 Å². The van der Waals surface area contributed by atoms with Crippen LogP contribution in [-0.2, 0) is 10.0 Å². The van der Waals surface area contributed by atoms with Crippen LogP contribution in [0, 0.1) is 6.92 Å². The number of nitrogens with one attached hydrogen (secondary N) is 1. The highest BCUT2D eigenvalue weighted by Crippen LogP contribution is 2.21. The largest absolute Gasteiger partial charge is 0.398 e. The SMILES string of the molecule is CCC(O)CNS(=O)(=O)c1c(C)cccc1N. The number of aliphatic hydroxyl groups is 1. The lowest BCUT2D eigenvalue weighted by molar-refractivity contribution is 0.174. The van der Waals surface area contributed by atoms with E-state index in [0.717, 1.165) is 0 Å². The molecule has 5 nitrogen and oxygen atoms in total. The Balaban J connectivity index is 2.98. The number of benzene rings is 1. The molecule has 0 amide bonds. The summed E-state index contributed by atoms with van der Waals surface area (Å²) in [6.45, 7) is 3.45. The summed E-state index contributed by atoms with van der Waals surface area (Å²) in [5.74, 6) is 0. The zero-order valence-electron chi connectivity index (χ0n) is 9.97. The summed E-state index contributed by atoms with van der Waals surface area (Å²) < 4.78 is 26.3. The first-order valence-corrected chi connectivity index (χ1v) is 6.89. The van der Waals surface area contributed by atoms with Crippen molar-refractivity contribution in [3.05, 3.63) is 23.8 Å². The average Bonchev–Trinajstić information content (AvgIpc) is 2.25. The molecule has 0 heterocycles. The molecule has 0 aliphatic carbocycles. The van der Waals surface area contributed by atoms with Crippen molar-refractivity contribution in [3.63, 3.8) is 0 Å². The first-order valence-electron chi connectivity index (χ1n) is 5.41. The van der Waals surface area contributed by atoms with Crippen LogP contribution in [0.4, 0.5) is 5.69 Å². The lowest BCUT2D eigenvalue weighted by Gasteiger charge is -2.13. The van der Waals surface area contributed by atoms with Gasteiger partial charge in [-0.1, -0.05) is 19.1 Å². The van der Waals surface area contributed by atoms with Crippen molar-refractivity contribution in [3.8, 4) is 0 Å². The predicted molar refractivity (Wildman–Crippen MR) is 67.1 cm³/mol. The van der Waals surface area contributed by atoms with Crippen molar-refractivity contribution >= 4 is 15.7 Å². The van der Waals surface area contributed by atoms with E-state index in [1.54, 1.807) is 26.0 Å². The van der Waals surface area contributed by atoms with E-state index in [4.69, 9.17) is 5.73 Å². The Kier molecular flexibility index (Phi) is 4.50. The van der Waals surface area contributed by atoms with E-state index in [2.05, 4.69) is 4.72 Å². The molecule has 1 aromatic rings. The van der Waals surface area contributed by atoms with Crippen molar-refractivity contribution in [2.75, 3.05) is 12.3 Å². The maximum atomic E-state index is 12.0. The molecule has 1 aromatic carbocycles. The van der Waals surface area contributed by atoms with Crippen LogP contribution in [0.3, 0.4) is 0 Å². The number of hydrogen-bond donors (Lipinski definition) is 3. The Morgan fingerprint density at radius 2 is 2.12 bits per heavy atom. The number of aliphatic hydroxyl groups excluding tert-OH is 1. The van der Waals surface area contributed by atoms with Crippen molar-refractivity contribution in [1.82, 2.24) is 4.72 Å². The molecular weight excluding hydrogens is 240 g/mol. The zero-order valence-corrected chi connectivity index (χ0v) is 10.8. The standard InChI is InChI=1S/C11H18N2O3S/c1-3-9(14)7-13-17(15,16)11-8(2)5-4-6-10(11)12/h4-6,9,13-14H,3,7,12H2,1-2H3. The quantitative estimate of drug-likeness (QED) is 0.675. The highest BCUT2D eigenvalue weighted by atomic mass is 32.2. The molecule has 1 rings (SSSR count). The number of aryl methyl sites for hydroxylation is 1. The number of rotatable bonds is 5. The molecule has 17 heavy (non-hydrogen) atoms. The van der Waals surface area contributed by atoms with E-state index in [1.807, 2.05) is 0 Å². The Morgan fingerprint density at radius 3 is 2.65 bits per heavy atom. The first-order chi connectivity index (χ1) is 7.88. The summed E-state index contributed by atoms with van der Waals surface area (Å²) in [6, 6.07) is 4.92. The molecule has 0 bridgehead atoms. The van der Waals surface area contributed by atoms with Gasteiger partial charge in [-0.3, -0.25) is 0 Å². The minimum absolute atomic E-state index is 0.00733. The van der Waals surface area contributed by atoms with Crippen molar-refractivity contribution in [2.24, 2.45) is 0 Å². The number of anilines is 1. The average molecular weight is 258 g/mol. The fourth-order valence-electron chi connectivity index (χ4n) is 1.46. The van der Waals surface area contributed by atoms with Crippen LogP contribution in [0.25, 0.3) is 0 Å². The first kappa shape index (κ1) is 14.0. The van der Waals surface area contributed by atoms with Crippen molar-refractivity contribution in [1.29, 1.82) is 0 Å². The number of hydrogen-bond acceptors (Lipinski definition) is 4. The van der Waals surface area contributed by atoms with Crippen LogP contribution in [0.1, 0.15) is 18.9 Å². The van der Waals surface area contributed by atoms with Crippen molar-refractivity contribution < 1.29 is 13.5 Å². The van der Waals surface area contributed by atoms with Gasteiger partial charge in [0.15, 0.2) is 0 Å². The molecule has 0 fully saturated rings. The van der Waals surface area contributed by atoms with E-state index >= 15 is 0 Å². The van der Waals surface area contributed by atoms with Crippen LogP contribution < -0.4 is 10.5 Å². The zero-order chi connectivity index (χ0) is 13.1. The lowest BCUT2D eigenvalue weighted by Crippen LogP contribution is -2.32. The molecule has 0 aliphatic heterocycles. The van der Waals surface area contributed by atoms with Gasteiger partial charge in [0.2, 0.25) is 10.0 Å². The molecule has 0 spiro atoms. The van der Waals surface area contributed by atoms with Crippen molar-refractivity contribution in [2.45, 2.75) is 31.3 Å². The summed E-state index contributed by atoms with van der Waals surface area (Å²) in [7, 11) is -3.66. The topological polar surface area (TPSA) is 92.4 Å². The van der Waals surface area contributed by atoms with E-state index < -0.39 is 16.1 Å². The van der Waals surface area contributed by atoms with Crippen LogP contribution in [0.2, 0.25) is 0 Å². The summed E-state index contributed by atoms with van der Waals surface area (Å²) in [4.78, 5) is 0.0864. The van der Waals surface area contributed by atoms with Gasteiger partial charge in [0.05, 0.1) is 11.8 Å². The third-order valence-electron chi connectivity index (χ3n) is 2.49. The van der Waals surface area contributed by atoms with Gasteiger partial charge in [0, 0.05) is 6.54 Å². The van der Waals surface area contributed by atoms with Gasteiger partial charge in [0.1, 0.15) is 4.90 Å². The predicted octanol–water partition coefficient (Wildman–Crippen LogP) is 0.626. The molecule has 1 atom stereocenters. The Labute approximate surface area is 102 Å². The molecule has 0 radical (unpaired) electrons. The van der Waals surface area contributed by atoms with Crippen LogP contribution in [0.5, 0.6) is 0 Å². The molecule has 0 saturated carbocycles. The summed E-state index contributed by atoms with van der Waals surface area (Å²) in [5, 5.41) is 9.35. The highest BCUT2D eigenvalue weighted by molar-refractivity contribution is 7.89. The van der Waals surface area contributed by atoms with Gasteiger partial charge in [-0.05, 0) is 25.0 Å². The Bertz CT molecular complexity index is 465. The minimum Gasteiger partial charge on any atom is -0.398 e. The molecule has 6 heteroatoms. The molecule has 4 N–H and O–H groups in total. The molecule has 0 aliphatic rings. The van der Waals surface area contributed by atoms with E-state index in [1.165, 1.54) is 6.07 Å².